The Hall–Kier alpha value is -4.66. The van der Waals surface area contributed by atoms with E-state index in [9.17, 15) is 5.11 Å². The molecular formula is C22H14N8O. The molecule has 148 valence electrons. The summed E-state index contributed by atoms with van der Waals surface area (Å²) in [7, 11) is 0. The molecule has 9 nitrogen and oxygen atoms in total. The highest BCUT2D eigenvalue weighted by Gasteiger charge is 2.17. The summed E-state index contributed by atoms with van der Waals surface area (Å²) in [6.07, 6.45) is 9.97. The van der Waals surface area contributed by atoms with Crippen molar-refractivity contribution < 1.29 is 5.11 Å². The molecule has 31 heavy (non-hydrogen) atoms. The zero-order valence-corrected chi connectivity index (χ0v) is 16.0. The molecule has 0 bridgehead atoms. The number of aromatic nitrogens is 8. The summed E-state index contributed by atoms with van der Waals surface area (Å²) >= 11 is 0. The number of H-pyrrole nitrogens is 2. The first-order chi connectivity index (χ1) is 15.3. The van der Waals surface area contributed by atoms with Gasteiger partial charge in [-0.15, -0.1) is 0 Å². The van der Waals surface area contributed by atoms with E-state index in [1.54, 1.807) is 37.1 Å². The van der Waals surface area contributed by atoms with E-state index in [1.165, 1.54) is 6.20 Å². The molecule has 6 aromatic rings. The summed E-state index contributed by atoms with van der Waals surface area (Å²) in [5.41, 5.74) is 6.06. The summed E-state index contributed by atoms with van der Waals surface area (Å²) in [6.45, 7) is 0. The third-order valence-electron chi connectivity index (χ3n) is 5.03. The predicted octanol–water partition coefficient (Wildman–Crippen LogP) is 3.73. The van der Waals surface area contributed by atoms with E-state index in [2.05, 4.69) is 35.1 Å². The molecule has 6 aromatic heterocycles. The number of rotatable bonds is 3. The minimum atomic E-state index is 0.0829. The van der Waals surface area contributed by atoms with Crippen molar-refractivity contribution in [2.75, 3.05) is 0 Å². The van der Waals surface area contributed by atoms with Gasteiger partial charge in [0, 0.05) is 41.3 Å². The molecule has 3 N–H and O–H groups in total. The number of aromatic hydroxyl groups is 1. The summed E-state index contributed by atoms with van der Waals surface area (Å²) in [4.78, 5) is 25.3. The Morgan fingerprint density at radius 3 is 2.61 bits per heavy atom. The van der Waals surface area contributed by atoms with Crippen molar-refractivity contribution in [1.29, 1.82) is 0 Å². The molecule has 0 spiro atoms. The first-order valence-corrected chi connectivity index (χ1v) is 9.50. The highest BCUT2D eigenvalue weighted by Crippen LogP contribution is 2.31. The monoisotopic (exact) mass is 406 g/mol. The second kappa shape index (κ2) is 6.70. The number of nitrogens with one attached hydrogen (secondary N) is 2. The van der Waals surface area contributed by atoms with Gasteiger partial charge in [0.15, 0.2) is 5.82 Å². The lowest BCUT2D eigenvalue weighted by molar-refractivity contribution is 0.473. The Kier molecular flexibility index (Phi) is 3.72. The Morgan fingerprint density at radius 1 is 0.806 bits per heavy atom. The van der Waals surface area contributed by atoms with E-state index < -0.39 is 0 Å². The molecule has 0 aromatic carbocycles. The van der Waals surface area contributed by atoms with Gasteiger partial charge in [-0.2, -0.15) is 5.10 Å². The number of pyridine rings is 4. The van der Waals surface area contributed by atoms with E-state index >= 15 is 0 Å². The topological polar surface area (TPSA) is 129 Å². The maximum absolute atomic E-state index is 9.75. The number of nitrogens with zero attached hydrogens (tertiary/aromatic N) is 6. The van der Waals surface area contributed by atoms with Gasteiger partial charge >= 0.3 is 0 Å². The average Bonchev–Trinajstić information content (AvgIpc) is 3.43. The van der Waals surface area contributed by atoms with Gasteiger partial charge in [0.25, 0.3) is 0 Å². The number of fused-ring (bicyclic) bond motifs is 2. The standard InChI is InChI=1S/C22H14N8O/c31-14-6-13(9-24-10-14)17-7-15-18(11-26-17)29-30-20(15)22-27-16-3-5-25-19(21(16)28-22)12-2-1-4-23-8-12/h1-11,31H,(H,27,28)(H,29,30). The van der Waals surface area contributed by atoms with E-state index in [1.807, 2.05) is 24.3 Å². The second-order valence-electron chi connectivity index (χ2n) is 7.00. The van der Waals surface area contributed by atoms with Crippen molar-refractivity contribution in [3.63, 3.8) is 0 Å². The molecule has 9 heteroatoms. The van der Waals surface area contributed by atoms with Gasteiger partial charge in [-0.3, -0.25) is 25.0 Å². The Labute approximate surface area is 174 Å². The van der Waals surface area contributed by atoms with Crippen LogP contribution in [0, 0.1) is 0 Å². The molecule has 6 rings (SSSR count). The minimum absolute atomic E-state index is 0.0829. The molecule has 0 saturated heterocycles. The second-order valence-corrected chi connectivity index (χ2v) is 7.00. The van der Waals surface area contributed by atoms with Crippen LogP contribution in [0.4, 0.5) is 0 Å². The molecule has 0 unspecified atom stereocenters. The van der Waals surface area contributed by atoms with Crippen LogP contribution in [0.1, 0.15) is 0 Å². The van der Waals surface area contributed by atoms with Gasteiger partial charge in [0.2, 0.25) is 0 Å². The van der Waals surface area contributed by atoms with Crippen LogP contribution in [-0.4, -0.2) is 45.2 Å². The molecule has 0 saturated carbocycles. The lowest BCUT2D eigenvalue weighted by Gasteiger charge is -2.01. The molecule has 0 aliphatic carbocycles. The number of aromatic amines is 2. The van der Waals surface area contributed by atoms with Crippen molar-refractivity contribution in [2.45, 2.75) is 0 Å². The molecule has 0 amide bonds. The molecular weight excluding hydrogens is 392 g/mol. The van der Waals surface area contributed by atoms with Crippen LogP contribution in [0.25, 0.3) is 56.0 Å². The zero-order valence-electron chi connectivity index (χ0n) is 16.0. The van der Waals surface area contributed by atoms with Crippen molar-refractivity contribution in [2.24, 2.45) is 0 Å². The van der Waals surface area contributed by atoms with Crippen molar-refractivity contribution in [1.82, 2.24) is 40.1 Å². The minimum Gasteiger partial charge on any atom is -0.506 e. The van der Waals surface area contributed by atoms with E-state index in [4.69, 9.17) is 4.98 Å². The third-order valence-corrected chi connectivity index (χ3v) is 5.03. The van der Waals surface area contributed by atoms with Crippen molar-refractivity contribution in [3.8, 4) is 39.8 Å². The fourth-order valence-electron chi connectivity index (χ4n) is 3.58. The number of hydrogen-bond donors (Lipinski definition) is 3. The van der Waals surface area contributed by atoms with E-state index in [-0.39, 0.29) is 5.75 Å². The zero-order chi connectivity index (χ0) is 20.8. The number of imidazole rings is 1. The molecule has 0 fully saturated rings. The summed E-state index contributed by atoms with van der Waals surface area (Å²) in [6, 6.07) is 9.22. The summed E-state index contributed by atoms with van der Waals surface area (Å²) in [5, 5.41) is 18.1. The van der Waals surface area contributed by atoms with Gasteiger partial charge in [-0.05, 0) is 30.3 Å². The van der Waals surface area contributed by atoms with Gasteiger partial charge in [-0.25, -0.2) is 4.98 Å². The summed E-state index contributed by atoms with van der Waals surface area (Å²) in [5.74, 6) is 0.699. The molecule has 0 radical (unpaired) electrons. The van der Waals surface area contributed by atoms with Crippen molar-refractivity contribution in [3.05, 3.63) is 67.5 Å². The van der Waals surface area contributed by atoms with Crippen LogP contribution in [0.5, 0.6) is 5.75 Å². The fourth-order valence-corrected chi connectivity index (χ4v) is 3.58. The Bertz CT molecular complexity index is 1550. The lowest BCUT2D eigenvalue weighted by atomic mass is 10.1. The summed E-state index contributed by atoms with van der Waals surface area (Å²) < 4.78 is 0. The van der Waals surface area contributed by atoms with Crippen LogP contribution < -0.4 is 0 Å². The maximum atomic E-state index is 9.75. The Morgan fingerprint density at radius 2 is 1.74 bits per heavy atom. The van der Waals surface area contributed by atoms with Crippen LogP contribution in [0.15, 0.2) is 67.5 Å². The van der Waals surface area contributed by atoms with Crippen LogP contribution in [0.2, 0.25) is 0 Å². The molecule has 0 atom stereocenters. The van der Waals surface area contributed by atoms with E-state index in [0.29, 0.717) is 22.8 Å². The molecule has 0 aliphatic heterocycles. The smallest absolute Gasteiger partial charge is 0.159 e. The normalized spacial score (nSPS) is 11.4. The average molecular weight is 406 g/mol. The van der Waals surface area contributed by atoms with Gasteiger partial charge in [0.1, 0.15) is 17.0 Å². The van der Waals surface area contributed by atoms with Gasteiger partial charge in [-0.1, -0.05) is 0 Å². The van der Waals surface area contributed by atoms with Crippen LogP contribution in [0.3, 0.4) is 0 Å². The quantitative estimate of drug-likeness (QED) is 0.408. The highest BCUT2D eigenvalue weighted by atomic mass is 16.3. The fraction of sp³-hybridized carbons (Fsp3) is 0. The van der Waals surface area contributed by atoms with Crippen molar-refractivity contribution >= 4 is 21.9 Å². The number of hydrogen-bond acceptors (Lipinski definition) is 7. The van der Waals surface area contributed by atoms with Crippen LogP contribution >= 0.6 is 0 Å². The third kappa shape index (κ3) is 2.87. The SMILES string of the molecule is Oc1cncc(-c2cc3c(-c4nc5c(-c6cccnc6)nccc5[nH]4)n[nH]c3cn2)c1. The van der Waals surface area contributed by atoms with Gasteiger partial charge < -0.3 is 10.1 Å². The Balaban J connectivity index is 1.51. The lowest BCUT2D eigenvalue weighted by Crippen LogP contribution is -1.87. The first kappa shape index (κ1) is 17.2. The maximum Gasteiger partial charge on any atom is 0.159 e. The van der Waals surface area contributed by atoms with Gasteiger partial charge in [0.05, 0.1) is 34.8 Å². The molecule has 6 heterocycles. The largest absolute Gasteiger partial charge is 0.506 e. The molecule has 0 aliphatic rings. The van der Waals surface area contributed by atoms with E-state index in [0.717, 1.165) is 33.2 Å². The predicted molar refractivity (Wildman–Crippen MR) is 115 cm³/mol. The first-order valence-electron chi connectivity index (χ1n) is 9.50. The van der Waals surface area contributed by atoms with Crippen LogP contribution in [-0.2, 0) is 0 Å². The highest BCUT2D eigenvalue weighted by molar-refractivity contribution is 5.96.